The lowest BCUT2D eigenvalue weighted by Gasteiger charge is -2.31. The largest absolute Gasteiger partial charge is 0.370 e. The zero-order valence-electron chi connectivity index (χ0n) is 20.3. The van der Waals surface area contributed by atoms with Crippen LogP contribution in [0.2, 0.25) is 5.02 Å². The minimum Gasteiger partial charge on any atom is -0.370 e. The van der Waals surface area contributed by atoms with E-state index in [2.05, 4.69) is 15.4 Å². The zero-order valence-corrected chi connectivity index (χ0v) is 21.1. The summed E-state index contributed by atoms with van der Waals surface area (Å²) in [5.41, 5.74) is 2.46. The monoisotopic (exact) mass is 507 g/mol. The molecule has 10 heteroatoms. The SMILES string of the molecule is Cc1onc(-c2ccccc2Cl)c1C(=O)Nc1cc2c(cc1N1CCCCC1)n(C)c(=O)c(=O)n2C. The number of carbonyl (C=O) groups excluding carboxylic acids is 1. The molecular weight excluding hydrogens is 482 g/mol. The number of rotatable bonds is 4. The molecule has 186 valence electrons. The molecule has 2 aromatic carbocycles. The molecule has 1 fully saturated rings. The van der Waals surface area contributed by atoms with Crippen molar-refractivity contribution in [2.24, 2.45) is 14.1 Å². The Balaban J connectivity index is 1.65. The Bertz CT molecular complexity index is 1610. The van der Waals surface area contributed by atoms with Crippen molar-refractivity contribution in [3.8, 4) is 11.3 Å². The molecular formula is C26H26ClN5O4. The zero-order chi connectivity index (χ0) is 25.6. The van der Waals surface area contributed by atoms with Gasteiger partial charge >= 0.3 is 11.1 Å². The molecule has 1 aliphatic rings. The number of benzene rings is 2. The van der Waals surface area contributed by atoms with Crippen LogP contribution in [0.1, 0.15) is 35.4 Å². The molecule has 1 N–H and O–H groups in total. The Morgan fingerprint density at radius 3 is 2.31 bits per heavy atom. The van der Waals surface area contributed by atoms with E-state index in [0.29, 0.717) is 38.8 Å². The van der Waals surface area contributed by atoms with Crippen molar-refractivity contribution >= 4 is 39.9 Å². The average molecular weight is 508 g/mol. The Kier molecular flexibility index (Phi) is 6.17. The quantitative estimate of drug-likeness (QED) is 0.417. The molecule has 1 amide bonds. The molecule has 0 unspecified atom stereocenters. The van der Waals surface area contributed by atoms with Crippen LogP contribution in [0.15, 0.2) is 50.5 Å². The summed E-state index contributed by atoms with van der Waals surface area (Å²) in [6.45, 7) is 3.32. The fraction of sp³-hybridized carbons (Fsp3) is 0.308. The number of piperidine rings is 1. The standard InChI is InChI=1S/C26H26ClN5O4/c1-15-22(23(29-36-15)16-9-5-6-10-17(16)27)24(33)28-18-13-20-21(31(3)26(35)25(34)30(20)2)14-19(18)32-11-7-4-8-12-32/h5-6,9-10,13-14H,4,7-8,11-12H2,1-3H3,(H,28,33). The molecule has 0 bridgehead atoms. The van der Waals surface area contributed by atoms with Crippen LogP contribution in [0.4, 0.5) is 11.4 Å². The summed E-state index contributed by atoms with van der Waals surface area (Å²) < 4.78 is 8.05. The Labute approximate surface area is 211 Å². The van der Waals surface area contributed by atoms with Gasteiger partial charge in [-0.25, -0.2) is 0 Å². The molecule has 4 aromatic rings. The first-order chi connectivity index (χ1) is 17.3. The lowest BCUT2D eigenvalue weighted by molar-refractivity contribution is 0.102. The van der Waals surface area contributed by atoms with Crippen LogP contribution in [-0.4, -0.2) is 33.3 Å². The number of nitrogens with zero attached hydrogens (tertiary/aromatic N) is 4. The van der Waals surface area contributed by atoms with E-state index in [1.807, 2.05) is 12.1 Å². The summed E-state index contributed by atoms with van der Waals surface area (Å²) in [7, 11) is 3.14. The van der Waals surface area contributed by atoms with Crippen LogP contribution in [0, 0.1) is 6.92 Å². The third-order valence-electron chi connectivity index (χ3n) is 6.77. The predicted octanol–water partition coefficient (Wildman–Crippen LogP) is 4.10. The van der Waals surface area contributed by atoms with Gasteiger partial charge in [0.25, 0.3) is 5.91 Å². The van der Waals surface area contributed by atoms with Gasteiger partial charge < -0.3 is 23.9 Å². The van der Waals surface area contributed by atoms with Crippen LogP contribution < -0.4 is 21.3 Å². The first kappa shape index (κ1) is 23.9. The topological polar surface area (TPSA) is 102 Å². The lowest BCUT2D eigenvalue weighted by atomic mass is 10.0. The van der Waals surface area contributed by atoms with Gasteiger partial charge in [-0.05, 0) is 44.4 Å². The normalized spacial score (nSPS) is 13.8. The van der Waals surface area contributed by atoms with E-state index in [0.717, 1.165) is 38.0 Å². The van der Waals surface area contributed by atoms with Crippen LogP contribution in [0.25, 0.3) is 22.3 Å². The molecule has 36 heavy (non-hydrogen) atoms. The van der Waals surface area contributed by atoms with Gasteiger partial charge in [0, 0.05) is 32.7 Å². The molecule has 5 rings (SSSR count). The number of halogens is 1. The molecule has 0 atom stereocenters. The number of aryl methyl sites for hydroxylation is 3. The van der Waals surface area contributed by atoms with E-state index in [1.54, 1.807) is 45.3 Å². The van der Waals surface area contributed by atoms with E-state index < -0.39 is 17.0 Å². The van der Waals surface area contributed by atoms with Crippen molar-refractivity contribution in [3.05, 3.63) is 73.5 Å². The second-order valence-electron chi connectivity index (χ2n) is 9.03. The molecule has 0 radical (unpaired) electrons. The smallest absolute Gasteiger partial charge is 0.316 e. The fourth-order valence-electron chi connectivity index (χ4n) is 4.77. The Morgan fingerprint density at radius 2 is 1.64 bits per heavy atom. The number of carbonyl (C=O) groups is 1. The highest BCUT2D eigenvalue weighted by Crippen LogP contribution is 2.35. The summed E-state index contributed by atoms with van der Waals surface area (Å²) in [6, 6.07) is 10.7. The van der Waals surface area contributed by atoms with Gasteiger partial charge in [-0.15, -0.1) is 0 Å². The molecule has 1 saturated heterocycles. The second kappa shape index (κ2) is 9.31. The Morgan fingerprint density at radius 1 is 1.00 bits per heavy atom. The highest BCUT2D eigenvalue weighted by Gasteiger charge is 2.25. The molecule has 9 nitrogen and oxygen atoms in total. The molecule has 2 aromatic heterocycles. The van der Waals surface area contributed by atoms with E-state index >= 15 is 0 Å². The van der Waals surface area contributed by atoms with Gasteiger partial charge in [0.2, 0.25) is 0 Å². The molecule has 0 saturated carbocycles. The number of amides is 1. The van der Waals surface area contributed by atoms with Crippen molar-refractivity contribution in [2.75, 3.05) is 23.3 Å². The fourth-order valence-corrected chi connectivity index (χ4v) is 4.99. The van der Waals surface area contributed by atoms with Crippen molar-refractivity contribution in [3.63, 3.8) is 0 Å². The van der Waals surface area contributed by atoms with Gasteiger partial charge in [0.05, 0.1) is 27.4 Å². The van der Waals surface area contributed by atoms with Crippen molar-refractivity contribution in [1.82, 2.24) is 14.3 Å². The number of hydrogen-bond acceptors (Lipinski definition) is 6. The van der Waals surface area contributed by atoms with Crippen LogP contribution in [-0.2, 0) is 14.1 Å². The number of fused-ring (bicyclic) bond motifs is 1. The first-order valence-electron chi connectivity index (χ1n) is 11.8. The highest BCUT2D eigenvalue weighted by molar-refractivity contribution is 6.33. The summed E-state index contributed by atoms with van der Waals surface area (Å²) >= 11 is 6.38. The minimum atomic E-state index is -0.635. The lowest BCUT2D eigenvalue weighted by Crippen LogP contribution is -2.39. The third-order valence-corrected chi connectivity index (χ3v) is 7.10. The summed E-state index contributed by atoms with van der Waals surface area (Å²) in [5.74, 6) is -0.0476. The van der Waals surface area contributed by atoms with Crippen molar-refractivity contribution < 1.29 is 9.32 Å². The van der Waals surface area contributed by atoms with Crippen LogP contribution in [0.3, 0.4) is 0 Å². The van der Waals surface area contributed by atoms with Crippen molar-refractivity contribution in [2.45, 2.75) is 26.2 Å². The predicted molar refractivity (Wildman–Crippen MR) is 140 cm³/mol. The number of hydrogen-bond donors (Lipinski definition) is 1. The number of aromatic nitrogens is 3. The number of nitrogens with one attached hydrogen (secondary N) is 1. The summed E-state index contributed by atoms with van der Waals surface area (Å²) in [4.78, 5) is 40.8. The molecule has 1 aliphatic heterocycles. The Hall–Kier alpha value is -3.85. The highest BCUT2D eigenvalue weighted by atomic mass is 35.5. The van der Waals surface area contributed by atoms with E-state index in [-0.39, 0.29) is 5.56 Å². The van der Waals surface area contributed by atoms with Gasteiger partial charge in [-0.1, -0.05) is 35.0 Å². The van der Waals surface area contributed by atoms with Gasteiger partial charge in [0.15, 0.2) is 0 Å². The van der Waals surface area contributed by atoms with E-state index in [1.165, 1.54) is 9.13 Å². The molecule has 0 spiro atoms. The summed E-state index contributed by atoms with van der Waals surface area (Å²) in [6.07, 6.45) is 3.19. The first-order valence-corrected chi connectivity index (χ1v) is 12.2. The third kappa shape index (κ3) is 3.99. The van der Waals surface area contributed by atoms with Crippen LogP contribution in [0.5, 0.6) is 0 Å². The van der Waals surface area contributed by atoms with Gasteiger partial charge in [-0.2, -0.15) is 0 Å². The van der Waals surface area contributed by atoms with Crippen LogP contribution >= 0.6 is 11.6 Å². The van der Waals surface area contributed by atoms with Crippen molar-refractivity contribution in [1.29, 1.82) is 0 Å². The van der Waals surface area contributed by atoms with Gasteiger partial charge in [-0.3, -0.25) is 14.4 Å². The van der Waals surface area contributed by atoms with E-state index in [9.17, 15) is 14.4 Å². The van der Waals surface area contributed by atoms with E-state index in [4.69, 9.17) is 16.1 Å². The average Bonchev–Trinajstić information content (AvgIpc) is 3.27. The van der Waals surface area contributed by atoms with Gasteiger partial charge in [0.1, 0.15) is 17.0 Å². The maximum atomic E-state index is 13.6. The second-order valence-corrected chi connectivity index (χ2v) is 9.44. The maximum Gasteiger partial charge on any atom is 0.316 e. The molecule has 3 heterocycles. The molecule has 0 aliphatic carbocycles. The maximum absolute atomic E-state index is 13.6. The summed E-state index contributed by atoms with van der Waals surface area (Å²) in [5, 5.41) is 7.59. The minimum absolute atomic E-state index is 0.280. The number of anilines is 2.